The molecule has 0 unspecified atom stereocenters. The van der Waals surface area contributed by atoms with E-state index in [4.69, 9.17) is 15.2 Å². The minimum absolute atomic E-state index is 0.172. The smallest absolute Gasteiger partial charge is 0.167 e. The molecule has 0 atom stereocenters. The second-order valence-corrected chi connectivity index (χ2v) is 4.71. The SMILES string of the molecule is COc1cc(N(C)Cc2ccccc2OC)c(N)cc1F. The fourth-order valence-electron chi connectivity index (χ4n) is 2.22. The summed E-state index contributed by atoms with van der Waals surface area (Å²) in [7, 11) is 4.95. The molecule has 0 saturated heterocycles. The quantitative estimate of drug-likeness (QED) is 0.860. The number of nitrogens with zero attached hydrogens (tertiary/aromatic N) is 1. The highest BCUT2D eigenvalue weighted by Gasteiger charge is 2.13. The van der Waals surface area contributed by atoms with Gasteiger partial charge in [-0.1, -0.05) is 18.2 Å². The Kier molecular flexibility index (Phi) is 4.52. The maximum absolute atomic E-state index is 13.6. The first-order chi connectivity index (χ1) is 10.1. The van der Waals surface area contributed by atoms with Crippen LogP contribution in [-0.2, 0) is 6.54 Å². The monoisotopic (exact) mass is 290 g/mol. The number of ether oxygens (including phenoxy) is 2. The van der Waals surface area contributed by atoms with Gasteiger partial charge in [-0.05, 0) is 6.07 Å². The third-order valence-electron chi connectivity index (χ3n) is 3.31. The van der Waals surface area contributed by atoms with E-state index < -0.39 is 5.82 Å². The number of rotatable bonds is 5. The van der Waals surface area contributed by atoms with Crippen LogP contribution in [0.3, 0.4) is 0 Å². The minimum Gasteiger partial charge on any atom is -0.496 e. The second kappa shape index (κ2) is 6.35. The number of hydrogen-bond donors (Lipinski definition) is 1. The number of benzene rings is 2. The van der Waals surface area contributed by atoms with Gasteiger partial charge < -0.3 is 20.1 Å². The summed E-state index contributed by atoms with van der Waals surface area (Å²) in [4.78, 5) is 1.93. The van der Waals surface area contributed by atoms with Crippen LogP contribution in [0.1, 0.15) is 5.56 Å². The molecule has 0 heterocycles. The van der Waals surface area contributed by atoms with Crippen molar-refractivity contribution in [1.82, 2.24) is 0 Å². The number of anilines is 2. The lowest BCUT2D eigenvalue weighted by molar-refractivity contribution is 0.386. The number of halogens is 1. The molecule has 0 amide bonds. The van der Waals surface area contributed by atoms with E-state index in [0.717, 1.165) is 11.3 Å². The summed E-state index contributed by atoms with van der Waals surface area (Å²) in [6.45, 7) is 0.586. The van der Waals surface area contributed by atoms with E-state index in [2.05, 4.69) is 0 Å². The first kappa shape index (κ1) is 15.0. The molecule has 4 nitrogen and oxygen atoms in total. The van der Waals surface area contributed by atoms with Gasteiger partial charge in [0.1, 0.15) is 5.75 Å². The lowest BCUT2D eigenvalue weighted by atomic mass is 10.1. The Morgan fingerprint density at radius 2 is 1.76 bits per heavy atom. The fraction of sp³-hybridized carbons (Fsp3) is 0.250. The molecule has 0 radical (unpaired) electrons. The van der Waals surface area contributed by atoms with Gasteiger partial charge in [-0.25, -0.2) is 4.39 Å². The van der Waals surface area contributed by atoms with Crippen molar-refractivity contribution >= 4 is 11.4 Å². The second-order valence-electron chi connectivity index (χ2n) is 4.71. The Balaban J connectivity index is 2.30. The van der Waals surface area contributed by atoms with Gasteiger partial charge in [-0.3, -0.25) is 0 Å². The zero-order valence-corrected chi connectivity index (χ0v) is 12.4. The van der Waals surface area contributed by atoms with E-state index >= 15 is 0 Å². The molecular weight excluding hydrogens is 271 g/mol. The van der Waals surface area contributed by atoms with Crippen LogP contribution < -0.4 is 20.1 Å². The number of nitrogen functional groups attached to an aromatic ring is 1. The molecule has 0 aliphatic heterocycles. The van der Waals surface area contributed by atoms with Gasteiger partial charge >= 0.3 is 0 Å². The number of hydrogen-bond acceptors (Lipinski definition) is 4. The molecule has 2 rings (SSSR count). The highest BCUT2D eigenvalue weighted by atomic mass is 19.1. The van der Waals surface area contributed by atoms with Crippen molar-refractivity contribution in [3.05, 3.63) is 47.8 Å². The van der Waals surface area contributed by atoms with Crippen LogP contribution in [0.15, 0.2) is 36.4 Å². The summed E-state index contributed by atoms with van der Waals surface area (Å²) >= 11 is 0. The minimum atomic E-state index is -0.468. The predicted octanol–water partition coefficient (Wildman–Crippen LogP) is 3.06. The van der Waals surface area contributed by atoms with Crippen molar-refractivity contribution in [3.63, 3.8) is 0 Å². The Morgan fingerprint density at radius 1 is 1.10 bits per heavy atom. The Labute approximate surface area is 123 Å². The zero-order chi connectivity index (χ0) is 15.4. The average Bonchev–Trinajstić information content (AvgIpc) is 2.47. The van der Waals surface area contributed by atoms with Gasteiger partial charge in [0.05, 0.1) is 25.6 Å². The third-order valence-corrected chi connectivity index (χ3v) is 3.31. The highest BCUT2D eigenvalue weighted by Crippen LogP contribution is 2.32. The van der Waals surface area contributed by atoms with Crippen LogP contribution >= 0.6 is 0 Å². The maximum atomic E-state index is 13.6. The molecule has 5 heteroatoms. The molecule has 2 aromatic rings. The predicted molar refractivity (Wildman–Crippen MR) is 82.5 cm³/mol. The molecule has 0 aliphatic carbocycles. The van der Waals surface area contributed by atoms with Crippen molar-refractivity contribution < 1.29 is 13.9 Å². The number of para-hydroxylation sites is 1. The first-order valence-corrected chi connectivity index (χ1v) is 6.53. The van der Waals surface area contributed by atoms with Gasteiger partial charge in [-0.15, -0.1) is 0 Å². The van der Waals surface area contributed by atoms with Crippen LogP contribution in [0.2, 0.25) is 0 Å². The molecule has 0 fully saturated rings. The standard InChI is InChI=1S/C16H19FN2O2/c1-19(10-11-6-4-5-7-15(11)20-2)14-9-16(21-3)12(17)8-13(14)18/h4-9H,10,18H2,1-3H3. The van der Waals surface area contributed by atoms with E-state index in [-0.39, 0.29) is 5.75 Å². The van der Waals surface area contributed by atoms with Gasteiger partial charge in [0.15, 0.2) is 11.6 Å². The molecule has 0 bridgehead atoms. The lowest BCUT2D eigenvalue weighted by Crippen LogP contribution is -2.18. The summed E-state index contributed by atoms with van der Waals surface area (Å²) in [6.07, 6.45) is 0. The van der Waals surface area contributed by atoms with Crippen LogP contribution in [0.25, 0.3) is 0 Å². The highest BCUT2D eigenvalue weighted by molar-refractivity contribution is 5.70. The van der Waals surface area contributed by atoms with E-state index in [0.29, 0.717) is 17.9 Å². The first-order valence-electron chi connectivity index (χ1n) is 6.53. The summed E-state index contributed by atoms with van der Waals surface area (Å²) in [5, 5.41) is 0. The van der Waals surface area contributed by atoms with E-state index in [9.17, 15) is 4.39 Å². The van der Waals surface area contributed by atoms with Gasteiger partial charge in [0.25, 0.3) is 0 Å². The van der Waals surface area contributed by atoms with Crippen molar-refractivity contribution in [2.75, 3.05) is 31.9 Å². The van der Waals surface area contributed by atoms with Gasteiger partial charge in [0.2, 0.25) is 0 Å². The Morgan fingerprint density at radius 3 is 2.43 bits per heavy atom. The Hall–Kier alpha value is -2.43. The largest absolute Gasteiger partial charge is 0.496 e. The molecule has 0 aliphatic rings. The molecule has 0 saturated carbocycles. The fourth-order valence-corrected chi connectivity index (χ4v) is 2.22. The molecular formula is C16H19FN2O2. The molecule has 2 N–H and O–H groups in total. The van der Waals surface area contributed by atoms with Crippen LogP contribution in [0, 0.1) is 5.82 Å². The summed E-state index contributed by atoms with van der Waals surface area (Å²) < 4.78 is 23.9. The lowest BCUT2D eigenvalue weighted by Gasteiger charge is -2.23. The Bertz CT molecular complexity index is 632. The van der Waals surface area contributed by atoms with E-state index in [1.165, 1.54) is 13.2 Å². The summed E-state index contributed by atoms with van der Waals surface area (Å²) in [5.74, 6) is 0.507. The number of methoxy groups -OCH3 is 2. The van der Waals surface area contributed by atoms with Crippen molar-refractivity contribution in [2.24, 2.45) is 0 Å². The molecule has 0 spiro atoms. The molecule has 112 valence electrons. The van der Waals surface area contributed by atoms with Crippen molar-refractivity contribution in [2.45, 2.75) is 6.54 Å². The van der Waals surface area contributed by atoms with E-state index in [1.807, 2.05) is 36.2 Å². The average molecular weight is 290 g/mol. The zero-order valence-electron chi connectivity index (χ0n) is 12.4. The van der Waals surface area contributed by atoms with Gasteiger partial charge in [-0.2, -0.15) is 0 Å². The number of nitrogens with two attached hydrogens (primary N) is 1. The summed E-state index contributed by atoms with van der Waals surface area (Å²) in [6, 6.07) is 10.6. The van der Waals surface area contributed by atoms with Crippen molar-refractivity contribution in [3.8, 4) is 11.5 Å². The van der Waals surface area contributed by atoms with Crippen molar-refractivity contribution in [1.29, 1.82) is 0 Å². The molecule has 21 heavy (non-hydrogen) atoms. The molecule has 0 aromatic heterocycles. The van der Waals surface area contributed by atoms with Gasteiger partial charge in [0, 0.05) is 31.3 Å². The molecule has 2 aromatic carbocycles. The maximum Gasteiger partial charge on any atom is 0.167 e. The third kappa shape index (κ3) is 3.18. The van der Waals surface area contributed by atoms with E-state index in [1.54, 1.807) is 13.2 Å². The van der Waals surface area contributed by atoms with Crippen LogP contribution in [-0.4, -0.2) is 21.3 Å². The van der Waals surface area contributed by atoms with Crippen LogP contribution in [0.5, 0.6) is 11.5 Å². The van der Waals surface area contributed by atoms with Crippen LogP contribution in [0.4, 0.5) is 15.8 Å². The topological polar surface area (TPSA) is 47.7 Å². The normalized spacial score (nSPS) is 10.3. The summed E-state index contributed by atoms with van der Waals surface area (Å²) in [5.41, 5.74) is 7.99.